The smallest absolute Gasteiger partial charge is 0.130 e. The molecule has 0 saturated carbocycles. The van der Waals surface area contributed by atoms with Crippen LogP contribution in [-0.2, 0) is 12.1 Å². The third kappa shape index (κ3) is 4.16. The van der Waals surface area contributed by atoms with Gasteiger partial charge in [0.15, 0.2) is 0 Å². The predicted octanol–water partition coefficient (Wildman–Crippen LogP) is 6.30. The zero-order chi connectivity index (χ0) is 17.2. The van der Waals surface area contributed by atoms with Crippen molar-refractivity contribution in [2.45, 2.75) is 32.9 Å². The van der Waals surface area contributed by atoms with Gasteiger partial charge in [-0.1, -0.05) is 49.1 Å². The van der Waals surface area contributed by atoms with E-state index in [9.17, 15) is 8.78 Å². The topological polar surface area (TPSA) is 0 Å². The number of allylic oxidation sites excluding steroid dienone is 1. The van der Waals surface area contributed by atoms with Crippen molar-refractivity contribution in [2.24, 2.45) is 0 Å². The second-order valence-electron chi connectivity index (χ2n) is 6.40. The van der Waals surface area contributed by atoms with Crippen molar-refractivity contribution in [2.75, 3.05) is 0 Å². The van der Waals surface area contributed by atoms with E-state index in [1.54, 1.807) is 18.2 Å². The molecule has 0 aliphatic heterocycles. The van der Waals surface area contributed by atoms with Gasteiger partial charge in [0.25, 0.3) is 0 Å². The summed E-state index contributed by atoms with van der Waals surface area (Å²) in [6, 6.07) is 10.6. The van der Waals surface area contributed by atoms with Gasteiger partial charge in [0.1, 0.15) is 11.5 Å². The van der Waals surface area contributed by atoms with E-state index in [-0.39, 0.29) is 5.82 Å². The summed E-state index contributed by atoms with van der Waals surface area (Å²) in [6.07, 6.45) is 2.02. The molecule has 120 valence electrons. The normalized spacial score (nSPS) is 11.3. The van der Waals surface area contributed by atoms with Crippen molar-refractivity contribution in [3.63, 3.8) is 0 Å². The lowest BCUT2D eigenvalue weighted by atomic mass is 9.91. The maximum absolute atomic E-state index is 14.3. The molecule has 0 N–H and O–H groups in total. The third-order valence-corrected chi connectivity index (χ3v) is 3.88. The number of rotatable bonds is 5. The first-order valence-electron chi connectivity index (χ1n) is 7.61. The van der Waals surface area contributed by atoms with Crippen LogP contribution in [0.3, 0.4) is 0 Å². The van der Waals surface area contributed by atoms with Gasteiger partial charge in [-0.25, -0.2) is 8.78 Å². The molecule has 23 heavy (non-hydrogen) atoms. The first-order valence-corrected chi connectivity index (χ1v) is 7.61. The maximum Gasteiger partial charge on any atom is 0.130 e. The molecule has 2 aromatic rings. The van der Waals surface area contributed by atoms with Gasteiger partial charge in [0.2, 0.25) is 0 Å². The lowest BCUT2D eigenvalue weighted by Crippen LogP contribution is -2.10. The average Bonchev–Trinajstić information content (AvgIpc) is 2.48. The minimum atomic E-state index is -1.45. The van der Waals surface area contributed by atoms with Crippen molar-refractivity contribution >= 4 is 11.6 Å². The monoisotopic (exact) mass is 312 g/mol. The molecule has 0 heterocycles. The van der Waals surface area contributed by atoms with Gasteiger partial charge in [-0.15, -0.1) is 0 Å². The fourth-order valence-electron chi connectivity index (χ4n) is 2.44. The molecule has 0 nitrogen and oxygen atoms in total. The summed E-state index contributed by atoms with van der Waals surface area (Å²) in [6.45, 7) is 12.5. The van der Waals surface area contributed by atoms with Crippen molar-refractivity contribution in [3.8, 4) is 0 Å². The molecule has 0 unspecified atom stereocenters. The summed E-state index contributed by atoms with van der Waals surface area (Å²) in [7, 11) is 0. The molecule has 0 atom stereocenters. The van der Waals surface area contributed by atoms with Crippen LogP contribution < -0.4 is 0 Å². The highest BCUT2D eigenvalue weighted by atomic mass is 19.1. The van der Waals surface area contributed by atoms with E-state index in [4.69, 9.17) is 0 Å². The summed E-state index contributed by atoms with van der Waals surface area (Å²) < 4.78 is 28.5. The molecule has 2 heteroatoms. The number of hydrogen-bond acceptors (Lipinski definition) is 0. The van der Waals surface area contributed by atoms with Crippen LogP contribution in [0, 0.1) is 5.82 Å². The Morgan fingerprint density at radius 1 is 1.17 bits per heavy atom. The van der Waals surface area contributed by atoms with E-state index in [1.807, 2.05) is 25.1 Å². The second-order valence-corrected chi connectivity index (χ2v) is 6.40. The Morgan fingerprint density at radius 3 is 2.39 bits per heavy atom. The van der Waals surface area contributed by atoms with Crippen molar-refractivity contribution < 1.29 is 8.78 Å². The lowest BCUT2D eigenvalue weighted by Gasteiger charge is -2.18. The Bertz CT molecular complexity index is 749. The quantitative estimate of drug-likeness (QED) is 0.608. The molecule has 0 spiro atoms. The zero-order valence-corrected chi connectivity index (χ0v) is 13.9. The molecule has 2 rings (SSSR count). The van der Waals surface area contributed by atoms with Gasteiger partial charge < -0.3 is 0 Å². The van der Waals surface area contributed by atoms with E-state index in [2.05, 4.69) is 13.2 Å². The van der Waals surface area contributed by atoms with Gasteiger partial charge in [0, 0.05) is 6.42 Å². The third-order valence-electron chi connectivity index (χ3n) is 3.88. The maximum atomic E-state index is 14.3. The van der Waals surface area contributed by atoms with Crippen LogP contribution in [0.4, 0.5) is 8.78 Å². The Morgan fingerprint density at radius 2 is 1.87 bits per heavy atom. The predicted molar refractivity (Wildman–Crippen MR) is 94.6 cm³/mol. The number of halogens is 2. The number of benzene rings is 2. The van der Waals surface area contributed by atoms with E-state index in [1.165, 1.54) is 19.9 Å². The number of alkyl halides is 1. The Labute approximate surface area is 137 Å². The average molecular weight is 312 g/mol. The van der Waals surface area contributed by atoms with Crippen molar-refractivity contribution in [1.29, 1.82) is 0 Å². The molecule has 2 aromatic carbocycles. The highest BCUT2D eigenvalue weighted by Gasteiger charge is 2.20. The highest BCUT2D eigenvalue weighted by Crippen LogP contribution is 2.29. The van der Waals surface area contributed by atoms with Gasteiger partial charge >= 0.3 is 0 Å². The first-order chi connectivity index (χ1) is 10.7. The molecule has 0 bridgehead atoms. The second kappa shape index (κ2) is 6.49. The molecule has 0 aromatic heterocycles. The minimum Gasteiger partial charge on any atom is -0.239 e. The van der Waals surface area contributed by atoms with Crippen molar-refractivity contribution in [3.05, 3.63) is 83.2 Å². The van der Waals surface area contributed by atoms with Gasteiger partial charge in [-0.2, -0.15) is 0 Å². The van der Waals surface area contributed by atoms with Crippen LogP contribution in [0.15, 0.2) is 49.6 Å². The van der Waals surface area contributed by atoms with Crippen LogP contribution in [0.5, 0.6) is 0 Å². The van der Waals surface area contributed by atoms with Crippen LogP contribution in [0.25, 0.3) is 11.6 Å². The summed E-state index contributed by atoms with van der Waals surface area (Å²) in [5.41, 5.74) is 3.06. The molecule has 0 fully saturated rings. The number of hydrogen-bond donors (Lipinski definition) is 0. The minimum absolute atomic E-state index is 0.274. The molecular formula is C21H22F2. The Kier molecular flexibility index (Phi) is 4.84. The lowest BCUT2D eigenvalue weighted by molar-refractivity contribution is 0.221. The summed E-state index contributed by atoms with van der Waals surface area (Å²) in [4.78, 5) is 0. The van der Waals surface area contributed by atoms with Gasteiger partial charge in [-0.3, -0.25) is 0 Å². The standard InChI is InChI=1S/C21H22F2/c1-6-15-7-8-17(20(22)12-15)9-16-10-18(14(2)3)13-19(11-16)21(4,5)23/h6-8,10-13H,1-2,9H2,3-5H3. The Hall–Kier alpha value is -2.22. The largest absolute Gasteiger partial charge is 0.239 e. The molecule has 0 saturated heterocycles. The molecule has 0 aliphatic carbocycles. The van der Waals surface area contributed by atoms with Gasteiger partial charge in [0.05, 0.1) is 0 Å². The van der Waals surface area contributed by atoms with Gasteiger partial charge in [-0.05, 0) is 60.7 Å². The van der Waals surface area contributed by atoms with Crippen LogP contribution in [-0.4, -0.2) is 0 Å². The SMILES string of the molecule is C=Cc1ccc(Cc2cc(C(=C)C)cc(C(C)(C)F)c2)c(F)c1. The first kappa shape index (κ1) is 17.1. The zero-order valence-electron chi connectivity index (χ0n) is 13.9. The van der Waals surface area contributed by atoms with Crippen LogP contribution in [0.1, 0.15) is 48.6 Å². The molecule has 0 amide bonds. The fourth-order valence-corrected chi connectivity index (χ4v) is 2.44. The summed E-state index contributed by atoms with van der Waals surface area (Å²) in [5.74, 6) is -0.274. The molecule has 0 aliphatic rings. The van der Waals surface area contributed by atoms with E-state index < -0.39 is 5.67 Å². The van der Waals surface area contributed by atoms with E-state index >= 15 is 0 Å². The van der Waals surface area contributed by atoms with E-state index in [0.717, 1.165) is 22.3 Å². The summed E-state index contributed by atoms with van der Waals surface area (Å²) in [5, 5.41) is 0. The molecule has 0 radical (unpaired) electrons. The fraction of sp³-hybridized carbons (Fsp3) is 0.238. The highest BCUT2D eigenvalue weighted by molar-refractivity contribution is 5.63. The molecular weight excluding hydrogens is 290 g/mol. The summed E-state index contributed by atoms with van der Waals surface area (Å²) >= 11 is 0. The van der Waals surface area contributed by atoms with Crippen molar-refractivity contribution in [1.82, 2.24) is 0 Å². The Balaban J connectivity index is 2.45. The van der Waals surface area contributed by atoms with Crippen LogP contribution in [0.2, 0.25) is 0 Å². The van der Waals surface area contributed by atoms with Crippen LogP contribution >= 0.6 is 0 Å². The van der Waals surface area contributed by atoms with E-state index in [0.29, 0.717) is 17.5 Å².